The van der Waals surface area contributed by atoms with Gasteiger partial charge in [-0.25, -0.2) is 0 Å². The number of ketones is 1. The Morgan fingerprint density at radius 2 is 1.91 bits per heavy atom. The quantitative estimate of drug-likeness (QED) is 0.236. The molecular formula is C40H54O7. The molecule has 1 aliphatic heterocycles. The molecule has 1 aromatic rings. The molecule has 7 heteroatoms. The van der Waals surface area contributed by atoms with Crippen LogP contribution in [0.25, 0.3) is 0 Å². The molecule has 2 unspecified atom stereocenters. The number of aliphatic hydroxyl groups excluding tert-OH is 2. The van der Waals surface area contributed by atoms with E-state index < -0.39 is 24.2 Å². The summed E-state index contributed by atoms with van der Waals surface area (Å²) < 4.78 is 11.9. The van der Waals surface area contributed by atoms with E-state index in [1.807, 2.05) is 0 Å². The molecule has 1 aromatic carbocycles. The number of benzene rings is 1. The lowest BCUT2D eigenvalue weighted by Crippen LogP contribution is -2.65. The number of carbonyl (C=O) groups excluding carboxylic acids is 2. The highest BCUT2D eigenvalue weighted by Crippen LogP contribution is 2.89. The SMILES string of the molecule is COC(=O)C(CC(=O)CC(C)(O)CO)[C@@H]1CC[C@]23C[C@]12C=C[C@@H]1[C@@]2(C)CC=C4C[C@@H](Cc5ccccc5)OC[C@]4(C)[C@@H]2C[C@@H](O)[C@]13C. The number of hydrogen-bond acceptors (Lipinski definition) is 7. The fourth-order valence-electron chi connectivity index (χ4n) is 12.4. The number of carbonyl (C=O) groups is 2. The Labute approximate surface area is 279 Å². The van der Waals surface area contributed by atoms with E-state index in [2.05, 4.69) is 69.3 Å². The molecule has 0 bridgehead atoms. The Morgan fingerprint density at radius 3 is 2.62 bits per heavy atom. The van der Waals surface area contributed by atoms with Crippen molar-refractivity contribution in [1.82, 2.24) is 0 Å². The molecule has 0 amide bonds. The monoisotopic (exact) mass is 646 g/mol. The normalized spacial score (nSPS) is 44.8. The van der Waals surface area contributed by atoms with E-state index in [1.165, 1.54) is 25.2 Å². The molecule has 3 N–H and O–H groups in total. The molecule has 12 atom stereocenters. The van der Waals surface area contributed by atoms with E-state index in [0.29, 0.717) is 6.61 Å². The maximum Gasteiger partial charge on any atom is 0.309 e. The second kappa shape index (κ2) is 11.1. The van der Waals surface area contributed by atoms with Crippen molar-refractivity contribution < 1.29 is 34.4 Å². The molecule has 5 aliphatic carbocycles. The first-order valence-electron chi connectivity index (χ1n) is 17.8. The van der Waals surface area contributed by atoms with Crippen LogP contribution in [0.4, 0.5) is 0 Å². The van der Waals surface area contributed by atoms with Crippen LogP contribution in [-0.4, -0.2) is 65.2 Å². The molecule has 1 heterocycles. The van der Waals surface area contributed by atoms with Crippen molar-refractivity contribution in [3.8, 4) is 0 Å². The van der Waals surface area contributed by atoms with Crippen LogP contribution in [0.5, 0.6) is 0 Å². The lowest BCUT2D eigenvalue weighted by Gasteiger charge is -2.67. The van der Waals surface area contributed by atoms with Gasteiger partial charge in [0.15, 0.2) is 0 Å². The molecule has 3 saturated carbocycles. The van der Waals surface area contributed by atoms with Gasteiger partial charge in [-0.2, -0.15) is 0 Å². The average Bonchev–Trinajstić information content (AvgIpc) is 3.62. The van der Waals surface area contributed by atoms with Crippen molar-refractivity contribution in [3.05, 3.63) is 59.7 Å². The number of hydrogen-bond donors (Lipinski definition) is 3. The van der Waals surface area contributed by atoms with Gasteiger partial charge in [-0.3, -0.25) is 9.59 Å². The van der Waals surface area contributed by atoms with Crippen LogP contribution in [-0.2, 0) is 25.5 Å². The van der Waals surface area contributed by atoms with Gasteiger partial charge in [0.05, 0.1) is 44.1 Å². The zero-order valence-corrected chi connectivity index (χ0v) is 28.8. The number of rotatable bonds is 9. The minimum absolute atomic E-state index is 0.0150. The molecule has 1 saturated heterocycles. The molecule has 7 nitrogen and oxygen atoms in total. The highest BCUT2D eigenvalue weighted by atomic mass is 16.5. The summed E-state index contributed by atoms with van der Waals surface area (Å²) in [5.74, 6) is -0.875. The van der Waals surface area contributed by atoms with Gasteiger partial charge in [-0.15, -0.1) is 0 Å². The number of fused-ring (bicyclic) bond motifs is 5. The summed E-state index contributed by atoms with van der Waals surface area (Å²) in [5, 5.41) is 32.3. The van der Waals surface area contributed by atoms with Gasteiger partial charge < -0.3 is 24.8 Å². The third kappa shape index (κ3) is 4.65. The largest absolute Gasteiger partial charge is 0.469 e. The van der Waals surface area contributed by atoms with E-state index >= 15 is 0 Å². The van der Waals surface area contributed by atoms with Crippen LogP contribution in [0.1, 0.15) is 84.6 Å². The number of Topliss-reactive ketones (excluding diaryl/α,β-unsaturated/α-hetero) is 1. The van der Waals surface area contributed by atoms with Gasteiger partial charge in [-0.1, -0.05) is 74.9 Å². The number of allylic oxidation sites excluding steroid dienone is 3. The molecule has 6 aliphatic rings. The van der Waals surface area contributed by atoms with Crippen molar-refractivity contribution in [2.75, 3.05) is 20.3 Å². The number of ether oxygens (including phenoxy) is 2. The summed E-state index contributed by atoms with van der Waals surface area (Å²) in [5.41, 5.74) is 0.335. The molecule has 256 valence electrons. The lowest BCUT2D eigenvalue weighted by atomic mass is 9.38. The van der Waals surface area contributed by atoms with Crippen LogP contribution < -0.4 is 0 Å². The number of aliphatic hydroxyl groups is 3. The second-order valence-corrected chi connectivity index (χ2v) is 17.3. The minimum Gasteiger partial charge on any atom is -0.469 e. The Hall–Kier alpha value is -2.32. The molecule has 47 heavy (non-hydrogen) atoms. The first-order valence-corrected chi connectivity index (χ1v) is 17.8. The second-order valence-electron chi connectivity index (χ2n) is 17.3. The Balaban J connectivity index is 1.17. The van der Waals surface area contributed by atoms with E-state index in [4.69, 9.17) is 9.47 Å². The average molecular weight is 647 g/mol. The fraction of sp³-hybridized carbons (Fsp3) is 0.700. The van der Waals surface area contributed by atoms with Crippen LogP contribution in [0.15, 0.2) is 54.1 Å². The number of methoxy groups -OCH3 is 1. The van der Waals surface area contributed by atoms with Crippen molar-refractivity contribution in [3.63, 3.8) is 0 Å². The predicted octanol–water partition coefficient (Wildman–Crippen LogP) is 5.60. The maximum atomic E-state index is 13.3. The zero-order chi connectivity index (χ0) is 33.6. The van der Waals surface area contributed by atoms with Crippen molar-refractivity contribution >= 4 is 11.8 Å². The fourth-order valence-corrected chi connectivity index (χ4v) is 12.4. The summed E-state index contributed by atoms with van der Waals surface area (Å²) in [6.45, 7) is 8.74. The lowest BCUT2D eigenvalue weighted by molar-refractivity contribution is -0.199. The summed E-state index contributed by atoms with van der Waals surface area (Å²) in [7, 11) is 1.38. The Bertz CT molecular complexity index is 1480. The Morgan fingerprint density at radius 1 is 1.17 bits per heavy atom. The van der Waals surface area contributed by atoms with Crippen LogP contribution >= 0.6 is 0 Å². The first-order chi connectivity index (χ1) is 22.2. The van der Waals surface area contributed by atoms with Gasteiger partial charge in [0, 0.05) is 23.7 Å². The standard InChI is InChI=1S/C40H54O7/c1-35(45,23-41)21-27(42)19-29(34(44)46-5)30-12-16-40-22-39(30,40)15-13-31-36(2)14-11-26-18-28(17-25-9-7-6-8-10-25)47-24-37(26,3)32(36)20-33(43)38(31,40)4/h6-11,13,15,28-33,41,43,45H,12,14,16-24H2,1-5H3/t28-,29?,30+,31-,32-,33-,35?,36-,37+,38+,39-,40-/m1/s1. The van der Waals surface area contributed by atoms with Crippen LogP contribution in [0, 0.1) is 50.7 Å². The number of esters is 1. The molecule has 0 aromatic heterocycles. The zero-order valence-electron chi connectivity index (χ0n) is 28.8. The van der Waals surface area contributed by atoms with E-state index in [-0.39, 0.29) is 75.5 Å². The van der Waals surface area contributed by atoms with Crippen molar-refractivity contribution in [1.29, 1.82) is 0 Å². The minimum atomic E-state index is -1.52. The van der Waals surface area contributed by atoms with Crippen molar-refractivity contribution in [2.45, 2.75) is 103 Å². The molecule has 7 rings (SSSR count). The van der Waals surface area contributed by atoms with Gasteiger partial charge in [0.1, 0.15) is 5.78 Å². The Kier molecular flexibility index (Phi) is 7.84. The topological polar surface area (TPSA) is 113 Å². The first kappa shape index (κ1) is 33.2. The highest BCUT2D eigenvalue weighted by molar-refractivity contribution is 5.85. The van der Waals surface area contributed by atoms with Gasteiger partial charge in [0.25, 0.3) is 0 Å². The van der Waals surface area contributed by atoms with Crippen LogP contribution in [0.2, 0.25) is 0 Å². The van der Waals surface area contributed by atoms with Gasteiger partial charge in [-0.05, 0) is 91.4 Å². The van der Waals surface area contributed by atoms with Crippen molar-refractivity contribution in [2.24, 2.45) is 50.7 Å². The van der Waals surface area contributed by atoms with Gasteiger partial charge in [0.2, 0.25) is 0 Å². The summed E-state index contributed by atoms with van der Waals surface area (Å²) >= 11 is 0. The van der Waals surface area contributed by atoms with Gasteiger partial charge >= 0.3 is 5.97 Å². The molecule has 0 radical (unpaired) electrons. The summed E-state index contributed by atoms with van der Waals surface area (Å²) in [6, 6.07) is 10.6. The smallest absolute Gasteiger partial charge is 0.309 e. The highest BCUT2D eigenvalue weighted by Gasteiger charge is 2.84. The molecule has 4 fully saturated rings. The molecule has 0 spiro atoms. The summed E-state index contributed by atoms with van der Waals surface area (Å²) in [6.07, 6.45) is 12.9. The van der Waals surface area contributed by atoms with E-state index in [9.17, 15) is 24.9 Å². The molecular weight excluding hydrogens is 592 g/mol. The summed E-state index contributed by atoms with van der Waals surface area (Å²) in [4.78, 5) is 26.4. The third-order valence-electron chi connectivity index (χ3n) is 14.8. The maximum absolute atomic E-state index is 13.3. The van der Waals surface area contributed by atoms with Crippen LogP contribution in [0.3, 0.4) is 0 Å². The third-order valence-corrected chi connectivity index (χ3v) is 14.8. The van der Waals surface area contributed by atoms with E-state index in [0.717, 1.165) is 44.9 Å². The predicted molar refractivity (Wildman–Crippen MR) is 178 cm³/mol. The van der Waals surface area contributed by atoms with E-state index in [1.54, 1.807) is 0 Å².